The molecule has 0 aliphatic carbocycles. The Kier molecular flexibility index (Phi) is 2.66. The monoisotopic (exact) mass is 215 g/mol. The molecule has 0 atom stereocenters. The predicted octanol–water partition coefficient (Wildman–Crippen LogP) is 1.35. The minimum Gasteiger partial charge on any atom is -0.477 e. The molecule has 1 aromatic rings. The van der Waals surface area contributed by atoms with Crippen molar-refractivity contribution in [1.82, 2.24) is 4.57 Å². The Morgan fingerprint density at radius 1 is 1.43 bits per heavy atom. The molecule has 0 saturated carbocycles. The van der Waals surface area contributed by atoms with Gasteiger partial charge in [0.1, 0.15) is 5.56 Å². The number of rotatable bonds is 1. The van der Waals surface area contributed by atoms with Crippen molar-refractivity contribution >= 4 is 17.6 Å². The molecule has 0 amide bonds. The van der Waals surface area contributed by atoms with E-state index in [4.69, 9.17) is 16.7 Å². The van der Waals surface area contributed by atoms with E-state index in [2.05, 4.69) is 0 Å². The zero-order chi connectivity index (χ0) is 11.0. The molecule has 76 valence electrons. The van der Waals surface area contributed by atoms with E-state index in [-0.39, 0.29) is 5.56 Å². The lowest BCUT2D eigenvalue weighted by Crippen LogP contribution is -2.27. The molecule has 0 radical (unpaired) electrons. The van der Waals surface area contributed by atoms with Gasteiger partial charge in [0, 0.05) is 12.7 Å². The second kappa shape index (κ2) is 3.46. The second-order valence-corrected chi connectivity index (χ2v) is 3.45. The largest absolute Gasteiger partial charge is 0.477 e. The second-order valence-electron chi connectivity index (χ2n) is 3.07. The van der Waals surface area contributed by atoms with Gasteiger partial charge in [-0.15, -0.1) is 0 Å². The van der Waals surface area contributed by atoms with Gasteiger partial charge in [0.15, 0.2) is 0 Å². The van der Waals surface area contributed by atoms with Crippen LogP contribution < -0.4 is 5.56 Å². The molecule has 1 N–H and O–H groups in total. The Hall–Kier alpha value is -1.29. The highest BCUT2D eigenvalue weighted by molar-refractivity contribution is 6.32. The van der Waals surface area contributed by atoms with Crippen LogP contribution in [-0.4, -0.2) is 15.6 Å². The van der Waals surface area contributed by atoms with Crippen LogP contribution in [-0.2, 0) is 7.05 Å². The normalized spacial score (nSPS) is 10.3. The van der Waals surface area contributed by atoms with Gasteiger partial charge in [0.25, 0.3) is 5.56 Å². The Labute approximate surface area is 85.7 Å². The zero-order valence-corrected chi connectivity index (χ0v) is 8.84. The van der Waals surface area contributed by atoms with E-state index in [9.17, 15) is 9.59 Å². The van der Waals surface area contributed by atoms with Crippen molar-refractivity contribution in [2.45, 2.75) is 13.8 Å². The van der Waals surface area contributed by atoms with E-state index in [0.29, 0.717) is 16.3 Å². The number of carboxylic acid groups (broad SMARTS) is 1. The Morgan fingerprint density at radius 3 is 2.36 bits per heavy atom. The number of nitrogens with zero attached hydrogens (tertiary/aromatic N) is 1. The Balaban J connectivity index is 3.78. The van der Waals surface area contributed by atoms with Crippen LogP contribution in [0.2, 0.25) is 5.02 Å². The van der Waals surface area contributed by atoms with Crippen molar-refractivity contribution in [3.8, 4) is 0 Å². The summed E-state index contributed by atoms with van der Waals surface area (Å²) in [6.45, 7) is 3.20. The molecule has 4 nitrogen and oxygen atoms in total. The standard InChI is InChI=1S/C9H10ClNO3/c1-4-6(9(13)14)8(12)11(3)5(2)7(4)10/h1-3H3,(H,13,14). The highest BCUT2D eigenvalue weighted by atomic mass is 35.5. The molecule has 0 bridgehead atoms. The van der Waals surface area contributed by atoms with Crippen molar-refractivity contribution in [2.75, 3.05) is 0 Å². The highest BCUT2D eigenvalue weighted by Crippen LogP contribution is 2.20. The summed E-state index contributed by atoms with van der Waals surface area (Å²) in [4.78, 5) is 22.3. The zero-order valence-electron chi connectivity index (χ0n) is 8.09. The number of halogens is 1. The minimum absolute atomic E-state index is 0.261. The third kappa shape index (κ3) is 1.42. The fraction of sp³-hybridized carbons (Fsp3) is 0.333. The number of hydrogen-bond acceptors (Lipinski definition) is 2. The van der Waals surface area contributed by atoms with E-state index in [1.54, 1.807) is 6.92 Å². The molecule has 0 aromatic carbocycles. The average molecular weight is 216 g/mol. The Morgan fingerprint density at radius 2 is 1.93 bits per heavy atom. The molecule has 1 heterocycles. The summed E-state index contributed by atoms with van der Waals surface area (Å²) in [5.41, 5.74) is 0.0962. The lowest BCUT2D eigenvalue weighted by Gasteiger charge is -2.10. The fourth-order valence-corrected chi connectivity index (χ4v) is 1.48. The molecule has 1 aromatic heterocycles. The van der Waals surface area contributed by atoms with Crippen LogP contribution in [0.1, 0.15) is 21.6 Å². The van der Waals surface area contributed by atoms with Crippen molar-refractivity contribution in [3.63, 3.8) is 0 Å². The smallest absolute Gasteiger partial charge is 0.341 e. The van der Waals surface area contributed by atoms with Crippen LogP contribution in [0.5, 0.6) is 0 Å². The molecule has 0 saturated heterocycles. The molecular formula is C9H10ClNO3. The number of aromatic carboxylic acids is 1. The van der Waals surface area contributed by atoms with Crippen LogP contribution in [0.25, 0.3) is 0 Å². The number of carbonyl (C=O) groups is 1. The molecule has 0 aliphatic heterocycles. The van der Waals surface area contributed by atoms with Crippen LogP contribution in [0.3, 0.4) is 0 Å². The first kappa shape index (κ1) is 10.8. The van der Waals surface area contributed by atoms with Gasteiger partial charge in [-0.3, -0.25) is 4.79 Å². The van der Waals surface area contributed by atoms with E-state index in [1.165, 1.54) is 18.5 Å². The number of aromatic nitrogens is 1. The van der Waals surface area contributed by atoms with E-state index < -0.39 is 11.5 Å². The lowest BCUT2D eigenvalue weighted by atomic mass is 10.1. The maximum Gasteiger partial charge on any atom is 0.341 e. The fourth-order valence-electron chi connectivity index (χ4n) is 1.26. The molecule has 0 spiro atoms. The van der Waals surface area contributed by atoms with Gasteiger partial charge in [0.05, 0.1) is 5.02 Å². The van der Waals surface area contributed by atoms with Gasteiger partial charge < -0.3 is 9.67 Å². The quantitative estimate of drug-likeness (QED) is 0.770. The van der Waals surface area contributed by atoms with Gasteiger partial charge in [-0.25, -0.2) is 4.79 Å². The summed E-state index contributed by atoms with van der Waals surface area (Å²) >= 11 is 5.88. The minimum atomic E-state index is -1.25. The first-order valence-corrected chi connectivity index (χ1v) is 4.34. The first-order chi connectivity index (χ1) is 6.37. The molecule has 0 aliphatic rings. The summed E-state index contributed by atoms with van der Waals surface area (Å²) in [7, 11) is 1.50. The van der Waals surface area contributed by atoms with Gasteiger partial charge in [-0.05, 0) is 19.4 Å². The van der Waals surface area contributed by atoms with Crippen molar-refractivity contribution in [2.24, 2.45) is 7.05 Å². The summed E-state index contributed by atoms with van der Waals surface area (Å²) in [6.07, 6.45) is 0. The number of carboxylic acids is 1. The molecule has 14 heavy (non-hydrogen) atoms. The van der Waals surface area contributed by atoms with Gasteiger partial charge in [-0.1, -0.05) is 11.6 Å². The first-order valence-electron chi connectivity index (χ1n) is 3.97. The van der Waals surface area contributed by atoms with E-state index in [1.807, 2.05) is 0 Å². The highest BCUT2D eigenvalue weighted by Gasteiger charge is 2.18. The van der Waals surface area contributed by atoms with Crippen LogP contribution in [0, 0.1) is 13.8 Å². The predicted molar refractivity (Wildman–Crippen MR) is 53.1 cm³/mol. The van der Waals surface area contributed by atoms with Crippen molar-refractivity contribution in [3.05, 3.63) is 32.2 Å². The third-order valence-electron chi connectivity index (χ3n) is 2.26. The molecular weight excluding hydrogens is 206 g/mol. The summed E-state index contributed by atoms with van der Waals surface area (Å²) in [6, 6.07) is 0. The average Bonchev–Trinajstić information content (AvgIpc) is 2.11. The third-order valence-corrected chi connectivity index (χ3v) is 2.81. The Bertz CT molecular complexity index is 462. The molecule has 1 rings (SSSR count). The van der Waals surface area contributed by atoms with Crippen molar-refractivity contribution in [1.29, 1.82) is 0 Å². The summed E-state index contributed by atoms with van der Waals surface area (Å²) < 4.78 is 1.23. The van der Waals surface area contributed by atoms with Crippen LogP contribution >= 0.6 is 11.6 Å². The van der Waals surface area contributed by atoms with Crippen molar-refractivity contribution < 1.29 is 9.90 Å². The van der Waals surface area contributed by atoms with E-state index >= 15 is 0 Å². The topological polar surface area (TPSA) is 59.3 Å². The van der Waals surface area contributed by atoms with Crippen LogP contribution in [0.15, 0.2) is 4.79 Å². The van der Waals surface area contributed by atoms with E-state index in [0.717, 1.165) is 0 Å². The molecule has 0 fully saturated rings. The van der Waals surface area contributed by atoms with Gasteiger partial charge in [0.2, 0.25) is 0 Å². The van der Waals surface area contributed by atoms with Gasteiger partial charge >= 0.3 is 5.97 Å². The number of hydrogen-bond donors (Lipinski definition) is 1. The summed E-state index contributed by atoms with van der Waals surface area (Å²) in [5.74, 6) is -1.25. The molecule has 5 heteroatoms. The lowest BCUT2D eigenvalue weighted by molar-refractivity contribution is 0.0693. The SMILES string of the molecule is Cc1c(Cl)c(C)n(C)c(=O)c1C(=O)O. The van der Waals surface area contributed by atoms with Crippen LogP contribution in [0.4, 0.5) is 0 Å². The number of pyridine rings is 1. The maximum absolute atomic E-state index is 11.5. The molecule has 0 unspecified atom stereocenters. The summed E-state index contributed by atoms with van der Waals surface area (Å²) in [5, 5.41) is 9.14. The van der Waals surface area contributed by atoms with Gasteiger partial charge in [-0.2, -0.15) is 0 Å². The maximum atomic E-state index is 11.5.